The van der Waals surface area contributed by atoms with E-state index in [9.17, 15) is 5.11 Å². The van der Waals surface area contributed by atoms with Crippen molar-refractivity contribution in [3.05, 3.63) is 52.8 Å². The second-order valence-electron chi connectivity index (χ2n) is 4.83. The van der Waals surface area contributed by atoms with Gasteiger partial charge in [0.2, 0.25) is 0 Å². The first-order valence-electron chi connectivity index (χ1n) is 6.46. The van der Waals surface area contributed by atoms with Crippen LogP contribution in [0, 0.1) is 6.92 Å². The number of aromatic nitrogens is 2. The topological polar surface area (TPSA) is 46.8 Å². The van der Waals surface area contributed by atoms with Gasteiger partial charge in [0.15, 0.2) is 4.96 Å². The molecule has 0 amide bonds. The van der Waals surface area contributed by atoms with Gasteiger partial charge in [-0.25, -0.2) is 4.98 Å². The second-order valence-corrected chi connectivity index (χ2v) is 5.70. The SMILES string of the molecule is Cc1ccc([C@@H](C)O)c(OCc2cn3ccsc3n2)c1. The van der Waals surface area contributed by atoms with Crippen LogP contribution in [0.5, 0.6) is 5.75 Å². The molecule has 4 nitrogen and oxygen atoms in total. The van der Waals surface area contributed by atoms with Crippen LogP contribution in [0.2, 0.25) is 0 Å². The van der Waals surface area contributed by atoms with Crippen LogP contribution in [0.1, 0.15) is 29.8 Å². The van der Waals surface area contributed by atoms with Crippen molar-refractivity contribution < 1.29 is 9.84 Å². The summed E-state index contributed by atoms with van der Waals surface area (Å²) in [6, 6.07) is 5.82. The van der Waals surface area contributed by atoms with Crippen LogP contribution >= 0.6 is 11.3 Å². The molecular formula is C15H16N2O2S. The quantitative estimate of drug-likeness (QED) is 0.801. The summed E-state index contributed by atoms with van der Waals surface area (Å²) in [7, 11) is 0. The molecule has 0 aliphatic carbocycles. The lowest BCUT2D eigenvalue weighted by Crippen LogP contribution is -2.01. The molecule has 0 aliphatic heterocycles. The Morgan fingerprint density at radius 2 is 2.30 bits per heavy atom. The Kier molecular flexibility index (Phi) is 3.46. The first-order chi connectivity index (χ1) is 9.63. The maximum absolute atomic E-state index is 9.78. The van der Waals surface area contributed by atoms with Crippen molar-refractivity contribution in [1.82, 2.24) is 9.38 Å². The number of hydrogen-bond acceptors (Lipinski definition) is 4. The second kappa shape index (κ2) is 5.26. The Balaban J connectivity index is 1.80. The molecule has 2 aromatic heterocycles. The molecule has 2 heterocycles. The van der Waals surface area contributed by atoms with E-state index in [1.165, 1.54) is 0 Å². The Labute approximate surface area is 121 Å². The Morgan fingerprint density at radius 3 is 3.05 bits per heavy atom. The van der Waals surface area contributed by atoms with E-state index >= 15 is 0 Å². The van der Waals surface area contributed by atoms with Crippen LogP contribution in [0.15, 0.2) is 36.0 Å². The fourth-order valence-electron chi connectivity index (χ4n) is 2.11. The van der Waals surface area contributed by atoms with Crippen molar-refractivity contribution in [2.75, 3.05) is 0 Å². The maximum Gasteiger partial charge on any atom is 0.193 e. The number of imidazole rings is 1. The smallest absolute Gasteiger partial charge is 0.193 e. The number of nitrogens with zero attached hydrogens (tertiary/aromatic N) is 2. The predicted octanol–water partition coefficient (Wildman–Crippen LogP) is 3.34. The zero-order chi connectivity index (χ0) is 14.1. The zero-order valence-corrected chi connectivity index (χ0v) is 12.2. The van der Waals surface area contributed by atoms with Crippen LogP contribution < -0.4 is 4.74 Å². The molecule has 0 bridgehead atoms. The van der Waals surface area contributed by atoms with Gasteiger partial charge >= 0.3 is 0 Å². The minimum atomic E-state index is -0.545. The summed E-state index contributed by atoms with van der Waals surface area (Å²) in [5.41, 5.74) is 2.79. The third-order valence-corrected chi connectivity index (χ3v) is 3.91. The molecule has 104 valence electrons. The van der Waals surface area contributed by atoms with Crippen molar-refractivity contribution in [2.45, 2.75) is 26.6 Å². The summed E-state index contributed by atoms with van der Waals surface area (Å²) in [5.74, 6) is 0.719. The van der Waals surface area contributed by atoms with Crippen LogP contribution in [0.25, 0.3) is 4.96 Å². The van der Waals surface area contributed by atoms with Crippen LogP contribution in [-0.2, 0) is 6.61 Å². The normalized spacial score (nSPS) is 12.8. The van der Waals surface area contributed by atoms with Crippen molar-refractivity contribution in [2.24, 2.45) is 0 Å². The molecule has 20 heavy (non-hydrogen) atoms. The molecule has 0 fully saturated rings. The fourth-order valence-corrected chi connectivity index (χ4v) is 2.83. The number of aliphatic hydroxyl groups is 1. The first kappa shape index (κ1) is 13.1. The number of benzene rings is 1. The summed E-state index contributed by atoms with van der Waals surface area (Å²) in [6.07, 6.45) is 3.39. The predicted molar refractivity (Wildman–Crippen MR) is 79.2 cm³/mol. The van der Waals surface area contributed by atoms with E-state index in [4.69, 9.17) is 4.74 Å². The van der Waals surface area contributed by atoms with Gasteiger partial charge in [-0.3, -0.25) is 4.40 Å². The number of aliphatic hydroxyl groups excluding tert-OH is 1. The van der Waals surface area contributed by atoms with Gasteiger partial charge < -0.3 is 9.84 Å². The van der Waals surface area contributed by atoms with Crippen molar-refractivity contribution in [1.29, 1.82) is 0 Å². The monoisotopic (exact) mass is 288 g/mol. The molecule has 0 spiro atoms. The number of ether oxygens (including phenoxy) is 1. The van der Waals surface area contributed by atoms with Crippen LogP contribution in [0.4, 0.5) is 0 Å². The van der Waals surface area contributed by atoms with Gasteiger partial charge in [-0.05, 0) is 25.5 Å². The number of thiazole rings is 1. The van der Waals surface area contributed by atoms with E-state index in [0.29, 0.717) is 6.61 Å². The molecule has 1 atom stereocenters. The number of aryl methyl sites for hydroxylation is 1. The van der Waals surface area contributed by atoms with Gasteiger partial charge in [0.05, 0.1) is 11.8 Å². The molecule has 0 radical (unpaired) electrons. The van der Waals surface area contributed by atoms with E-state index < -0.39 is 6.10 Å². The highest BCUT2D eigenvalue weighted by molar-refractivity contribution is 7.15. The number of fused-ring (bicyclic) bond motifs is 1. The third-order valence-electron chi connectivity index (χ3n) is 3.14. The Hall–Kier alpha value is -1.85. The summed E-state index contributed by atoms with van der Waals surface area (Å²) in [6.45, 7) is 4.15. The van der Waals surface area contributed by atoms with Crippen molar-refractivity contribution in [3.8, 4) is 5.75 Å². The molecule has 5 heteroatoms. The van der Waals surface area contributed by atoms with E-state index in [1.807, 2.05) is 47.3 Å². The molecule has 3 aromatic rings. The molecule has 0 unspecified atom stereocenters. The number of rotatable bonds is 4. The van der Waals surface area contributed by atoms with Gasteiger partial charge in [-0.2, -0.15) is 0 Å². The maximum atomic E-state index is 9.78. The third kappa shape index (κ3) is 2.55. The molecule has 0 saturated heterocycles. The highest BCUT2D eigenvalue weighted by atomic mass is 32.1. The standard InChI is InChI=1S/C15H16N2O2S/c1-10-3-4-13(11(2)18)14(7-10)19-9-12-8-17-5-6-20-15(17)16-12/h3-8,11,18H,9H2,1-2H3/t11-/m1/s1. The zero-order valence-electron chi connectivity index (χ0n) is 11.4. The molecular weight excluding hydrogens is 272 g/mol. The van der Waals surface area contributed by atoms with Gasteiger partial charge in [-0.1, -0.05) is 12.1 Å². The molecule has 3 rings (SSSR count). The Morgan fingerprint density at radius 1 is 1.45 bits per heavy atom. The summed E-state index contributed by atoms with van der Waals surface area (Å²) < 4.78 is 7.81. The Bertz CT molecular complexity index is 702. The van der Waals surface area contributed by atoms with Gasteiger partial charge in [0, 0.05) is 23.3 Å². The summed E-state index contributed by atoms with van der Waals surface area (Å²) in [5, 5.41) is 11.8. The molecule has 0 saturated carbocycles. The summed E-state index contributed by atoms with van der Waals surface area (Å²) in [4.78, 5) is 5.44. The van der Waals surface area contributed by atoms with Gasteiger partial charge in [0.1, 0.15) is 12.4 Å². The van der Waals surface area contributed by atoms with Crippen molar-refractivity contribution in [3.63, 3.8) is 0 Å². The van der Waals surface area contributed by atoms with Crippen LogP contribution in [-0.4, -0.2) is 14.5 Å². The lowest BCUT2D eigenvalue weighted by Gasteiger charge is -2.13. The fraction of sp³-hybridized carbons (Fsp3) is 0.267. The highest BCUT2D eigenvalue weighted by Crippen LogP contribution is 2.27. The molecule has 1 aromatic carbocycles. The van der Waals surface area contributed by atoms with E-state index in [0.717, 1.165) is 27.5 Å². The average Bonchev–Trinajstić information content (AvgIpc) is 2.96. The minimum Gasteiger partial charge on any atom is -0.487 e. The van der Waals surface area contributed by atoms with Gasteiger partial charge in [0.25, 0.3) is 0 Å². The van der Waals surface area contributed by atoms with Crippen molar-refractivity contribution >= 4 is 16.3 Å². The minimum absolute atomic E-state index is 0.400. The highest BCUT2D eigenvalue weighted by Gasteiger charge is 2.10. The number of hydrogen-bond donors (Lipinski definition) is 1. The van der Waals surface area contributed by atoms with E-state index in [-0.39, 0.29) is 0 Å². The largest absolute Gasteiger partial charge is 0.487 e. The lowest BCUT2D eigenvalue weighted by atomic mass is 10.1. The van der Waals surface area contributed by atoms with E-state index in [1.54, 1.807) is 18.3 Å². The lowest BCUT2D eigenvalue weighted by molar-refractivity contribution is 0.190. The first-order valence-corrected chi connectivity index (χ1v) is 7.34. The van der Waals surface area contributed by atoms with Crippen LogP contribution in [0.3, 0.4) is 0 Å². The van der Waals surface area contributed by atoms with E-state index in [2.05, 4.69) is 4.98 Å². The molecule has 0 aliphatic rings. The average molecular weight is 288 g/mol. The van der Waals surface area contributed by atoms with Gasteiger partial charge in [-0.15, -0.1) is 11.3 Å². The molecule has 1 N–H and O–H groups in total. The summed E-state index contributed by atoms with van der Waals surface area (Å²) >= 11 is 1.60.